The molecular formula is C18H19ClN2O3S. The standard InChI is InChI=1S/C18H19ClN2O3S/c1-4-21-12-6-5-11(20-16(22)14-7-8-15(19)25-14)9-13(12)24-10-18(2,3)17(21)23/h5-9H,4,10H2,1-3H3,(H,20,22). The summed E-state index contributed by atoms with van der Waals surface area (Å²) in [6.45, 7) is 6.50. The SMILES string of the molecule is CCN1C(=O)C(C)(C)COc2cc(NC(=O)c3ccc(Cl)s3)ccc21. The lowest BCUT2D eigenvalue weighted by Crippen LogP contribution is -2.42. The van der Waals surface area contributed by atoms with Crippen LogP contribution in [0.25, 0.3) is 0 Å². The van der Waals surface area contributed by atoms with Crippen molar-refractivity contribution in [2.24, 2.45) is 5.41 Å². The maximum Gasteiger partial charge on any atom is 0.265 e. The molecule has 1 N–H and O–H groups in total. The molecule has 0 aliphatic carbocycles. The molecule has 0 spiro atoms. The Morgan fingerprint density at radius 2 is 2.12 bits per heavy atom. The number of carbonyl (C=O) groups is 2. The molecule has 0 atom stereocenters. The molecule has 25 heavy (non-hydrogen) atoms. The number of hydrogen-bond acceptors (Lipinski definition) is 4. The number of hydrogen-bond donors (Lipinski definition) is 1. The topological polar surface area (TPSA) is 58.6 Å². The van der Waals surface area contributed by atoms with Crippen molar-refractivity contribution in [1.29, 1.82) is 0 Å². The van der Waals surface area contributed by atoms with Gasteiger partial charge >= 0.3 is 0 Å². The zero-order chi connectivity index (χ0) is 18.2. The van der Waals surface area contributed by atoms with Crippen LogP contribution in [0.1, 0.15) is 30.4 Å². The van der Waals surface area contributed by atoms with Gasteiger partial charge in [-0.1, -0.05) is 11.6 Å². The molecule has 1 aromatic heterocycles. The zero-order valence-corrected chi connectivity index (χ0v) is 15.8. The lowest BCUT2D eigenvalue weighted by atomic mass is 9.93. The molecule has 132 valence electrons. The second-order valence-corrected chi connectivity index (χ2v) is 8.18. The summed E-state index contributed by atoms with van der Waals surface area (Å²) in [5, 5.41) is 2.84. The Morgan fingerprint density at radius 3 is 2.76 bits per heavy atom. The number of thiophene rings is 1. The van der Waals surface area contributed by atoms with Crippen LogP contribution in [-0.2, 0) is 4.79 Å². The maximum atomic E-state index is 12.7. The number of carbonyl (C=O) groups excluding carboxylic acids is 2. The number of benzene rings is 1. The maximum absolute atomic E-state index is 12.7. The van der Waals surface area contributed by atoms with Gasteiger partial charge in [-0.15, -0.1) is 11.3 Å². The van der Waals surface area contributed by atoms with Crippen LogP contribution >= 0.6 is 22.9 Å². The summed E-state index contributed by atoms with van der Waals surface area (Å²) in [5.41, 5.74) is 0.721. The molecule has 7 heteroatoms. The molecule has 0 unspecified atom stereocenters. The molecule has 0 bridgehead atoms. The van der Waals surface area contributed by atoms with Crippen LogP contribution in [0, 0.1) is 5.41 Å². The summed E-state index contributed by atoms with van der Waals surface area (Å²) >= 11 is 7.09. The van der Waals surface area contributed by atoms with Gasteiger partial charge in [-0.3, -0.25) is 9.59 Å². The van der Waals surface area contributed by atoms with Crippen molar-refractivity contribution < 1.29 is 14.3 Å². The van der Waals surface area contributed by atoms with Crippen molar-refractivity contribution in [3.05, 3.63) is 39.5 Å². The van der Waals surface area contributed by atoms with Gasteiger partial charge in [-0.2, -0.15) is 0 Å². The van der Waals surface area contributed by atoms with Crippen molar-refractivity contribution in [3.8, 4) is 5.75 Å². The van der Waals surface area contributed by atoms with Gasteiger partial charge in [0.05, 0.1) is 20.3 Å². The predicted octanol–water partition coefficient (Wildman–Crippen LogP) is 4.43. The predicted molar refractivity (Wildman–Crippen MR) is 101 cm³/mol. The molecular weight excluding hydrogens is 360 g/mol. The van der Waals surface area contributed by atoms with Crippen molar-refractivity contribution in [3.63, 3.8) is 0 Å². The van der Waals surface area contributed by atoms with Crippen molar-refractivity contribution in [2.45, 2.75) is 20.8 Å². The highest BCUT2D eigenvalue weighted by molar-refractivity contribution is 7.18. The van der Waals surface area contributed by atoms with Crippen LogP contribution in [0.3, 0.4) is 0 Å². The molecule has 2 amide bonds. The third kappa shape index (κ3) is 3.50. The minimum absolute atomic E-state index is 0.0266. The lowest BCUT2D eigenvalue weighted by Gasteiger charge is -2.26. The summed E-state index contributed by atoms with van der Waals surface area (Å²) in [6, 6.07) is 8.69. The van der Waals surface area contributed by atoms with E-state index in [1.54, 1.807) is 35.2 Å². The molecule has 0 radical (unpaired) electrons. The Balaban J connectivity index is 1.88. The molecule has 0 fully saturated rings. The van der Waals surface area contributed by atoms with Crippen LogP contribution < -0.4 is 15.0 Å². The number of halogens is 1. The van der Waals surface area contributed by atoms with Gasteiger partial charge in [0.25, 0.3) is 5.91 Å². The number of nitrogens with zero attached hydrogens (tertiary/aromatic N) is 1. The molecule has 2 heterocycles. The first-order valence-corrected chi connectivity index (χ1v) is 9.17. The van der Waals surface area contributed by atoms with Crippen LogP contribution in [0.15, 0.2) is 30.3 Å². The van der Waals surface area contributed by atoms with E-state index in [2.05, 4.69) is 5.32 Å². The summed E-state index contributed by atoms with van der Waals surface area (Å²) < 4.78 is 6.43. The minimum Gasteiger partial charge on any atom is -0.490 e. The summed E-state index contributed by atoms with van der Waals surface area (Å²) in [7, 11) is 0. The first kappa shape index (κ1) is 17.8. The van der Waals surface area contributed by atoms with Gasteiger partial charge in [-0.05, 0) is 45.0 Å². The van der Waals surface area contributed by atoms with E-state index in [-0.39, 0.29) is 18.4 Å². The fraction of sp³-hybridized carbons (Fsp3) is 0.333. The Bertz CT molecular complexity index is 831. The first-order valence-electron chi connectivity index (χ1n) is 7.97. The highest BCUT2D eigenvalue weighted by Gasteiger charge is 2.37. The van der Waals surface area contributed by atoms with E-state index in [1.165, 1.54) is 11.3 Å². The van der Waals surface area contributed by atoms with Gasteiger partial charge in [-0.25, -0.2) is 0 Å². The quantitative estimate of drug-likeness (QED) is 0.859. The van der Waals surface area contributed by atoms with E-state index in [0.717, 1.165) is 5.69 Å². The van der Waals surface area contributed by atoms with Gasteiger partial charge < -0.3 is 15.0 Å². The van der Waals surface area contributed by atoms with E-state index in [4.69, 9.17) is 16.3 Å². The van der Waals surface area contributed by atoms with Crippen LogP contribution in [0.4, 0.5) is 11.4 Å². The van der Waals surface area contributed by atoms with Gasteiger partial charge in [0.15, 0.2) is 0 Å². The number of anilines is 2. The Morgan fingerprint density at radius 1 is 1.36 bits per heavy atom. The average Bonchev–Trinajstić information content (AvgIpc) is 2.98. The Kier molecular flexibility index (Phi) is 4.75. The fourth-order valence-electron chi connectivity index (χ4n) is 2.67. The molecule has 2 aromatic rings. The lowest BCUT2D eigenvalue weighted by molar-refractivity contribution is -0.127. The van der Waals surface area contributed by atoms with Crippen molar-refractivity contribution >= 4 is 46.1 Å². The summed E-state index contributed by atoms with van der Waals surface area (Å²) in [4.78, 5) is 27.2. The van der Waals surface area contributed by atoms with E-state index >= 15 is 0 Å². The smallest absolute Gasteiger partial charge is 0.265 e. The molecule has 3 rings (SSSR count). The Hall–Kier alpha value is -2.05. The van der Waals surface area contributed by atoms with Crippen LogP contribution in [0.2, 0.25) is 4.34 Å². The van der Waals surface area contributed by atoms with Gasteiger partial charge in [0.2, 0.25) is 5.91 Å². The number of amides is 2. The zero-order valence-electron chi connectivity index (χ0n) is 14.3. The number of fused-ring (bicyclic) bond motifs is 1. The number of nitrogens with one attached hydrogen (secondary N) is 1. The van der Waals surface area contributed by atoms with Crippen LogP contribution in [0.5, 0.6) is 5.75 Å². The first-order chi connectivity index (χ1) is 11.8. The molecule has 0 saturated heterocycles. The molecule has 1 aliphatic heterocycles. The van der Waals surface area contributed by atoms with Gasteiger partial charge in [0.1, 0.15) is 12.4 Å². The van der Waals surface area contributed by atoms with Crippen molar-refractivity contribution in [2.75, 3.05) is 23.4 Å². The Labute approximate surface area is 155 Å². The highest BCUT2D eigenvalue weighted by atomic mass is 35.5. The van der Waals surface area contributed by atoms with Crippen LogP contribution in [-0.4, -0.2) is 25.0 Å². The van der Waals surface area contributed by atoms with E-state index in [9.17, 15) is 9.59 Å². The van der Waals surface area contributed by atoms with Gasteiger partial charge in [0, 0.05) is 18.3 Å². The largest absolute Gasteiger partial charge is 0.490 e. The molecule has 0 saturated carbocycles. The molecule has 5 nitrogen and oxygen atoms in total. The molecule has 1 aromatic carbocycles. The third-order valence-corrected chi connectivity index (χ3v) is 5.26. The van der Waals surface area contributed by atoms with E-state index < -0.39 is 5.41 Å². The molecule has 1 aliphatic rings. The highest BCUT2D eigenvalue weighted by Crippen LogP contribution is 2.38. The van der Waals surface area contributed by atoms with E-state index in [0.29, 0.717) is 27.2 Å². The number of rotatable bonds is 3. The second-order valence-electron chi connectivity index (χ2n) is 6.46. The number of ether oxygens (including phenoxy) is 1. The normalized spacial score (nSPS) is 16.0. The fourth-order valence-corrected chi connectivity index (χ4v) is 3.61. The second kappa shape index (κ2) is 6.69. The summed E-state index contributed by atoms with van der Waals surface area (Å²) in [5.74, 6) is 0.385. The van der Waals surface area contributed by atoms with Crippen molar-refractivity contribution in [1.82, 2.24) is 0 Å². The monoisotopic (exact) mass is 378 g/mol. The summed E-state index contributed by atoms with van der Waals surface area (Å²) in [6.07, 6.45) is 0. The van der Waals surface area contributed by atoms with E-state index in [1.807, 2.05) is 20.8 Å². The third-order valence-electron chi connectivity index (χ3n) is 4.03. The minimum atomic E-state index is -0.605. The average molecular weight is 379 g/mol.